The maximum absolute atomic E-state index is 12.5. The number of amides is 2. The molecule has 1 N–H and O–H groups in total. The molecule has 0 radical (unpaired) electrons. The molecule has 3 aliphatic rings. The van der Waals surface area contributed by atoms with Gasteiger partial charge in [0.2, 0.25) is 5.91 Å². The van der Waals surface area contributed by atoms with Crippen molar-refractivity contribution in [3.63, 3.8) is 0 Å². The highest BCUT2D eigenvalue weighted by Gasteiger charge is 2.38. The minimum atomic E-state index is -0.0843. The summed E-state index contributed by atoms with van der Waals surface area (Å²) in [5, 5.41) is 3.38. The molecule has 0 aromatic heterocycles. The Bertz CT molecular complexity index is 621. The van der Waals surface area contributed by atoms with E-state index in [9.17, 15) is 9.59 Å². The number of para-hydroxylation sites is 2. The summed E-state index contributed by atoms with van der Waals surface area (Å²) in [6.07, 6.45) is 0.368. The van der Waals surface area contributed by atoms with E-state index in [2.05, 4.69) is 5.32 Å². The van der Waals surface area contributed by atoms with Crippen molar-refractivity contribution < 1.29 is 14.3 Å². The zero-order valence-corrected chi connectivity index (χ0v) is 13.0. The third kappa shape index (κ3) is 2.67. The lowest BCUT2D eigenvalue weighted by atomic mass is 10.0. The zero-order valence-electron chi connectivity index (χ0n) is 13.0. The number of carbonyl (C=O) groups is 2. The summed E-state index contributed by atoms with van der Waals surface area (Å²) in [6, 6.07) is 7.48. The molecule has 1 aromatic carbocycles. The molecular weight excluding hydrogens is 294 g/mol. The van der Waals surface area contributed by atoms with Crippen molar-refractivity contribution in [2.75, 3.05) is 44.2 Å². The van der Waals surface area contributed by atoms with Crippen LogP contribution in [-0.4, -0.2) is 56.0 Å². The van der Waals surface area contributed by atoms with Crippen LogP contribution in [0.4, 0.5) is 5.69 Å². The smallest absolute Gasteiger partial charge is 0.265 e. The SMILES string of the molecule is O=C(CCN1C(=O)COc2ccccc21)N1C[C@H]2CNC[C@H]2C1. The largest absolute Gasteiger partial charge is 0.482 e. The molecule has 23 heavy (non-hydrogen) atoms. The van der Waals surface area contributed by atoms with Crippen molar-refractivity contribution in [3.8, 4) is 5.75 Å². The normalized spacial score (nSPS) is 26.0. The Morgan fingerprint density at radius 1 is 1.22 bits per heavy atom. The summed E-state index contributed by atoms with van der Waals surface area (Å²) < 4.78 is 5.43. The first-order valence-corrected chi connectivity index (χ1v) is 8.23. The molecule has 0 aliphatic carbocycles. The van der Waals surface area contributed by atoms with Gasteiger partial charge in [-0.25, -0.2) is 0 Å². The van der Waals surface area contributed by atoms with Crippen molar-refractivity contribution in [3.05, 3.63) is 24.3 Å². The number of hydrogen-bond acceptors (Lipinski definition) is 4. The van der Waals surface area contributed by atoms with E-state index in [1.807, 2.05) is 29.2 Å². The van der Waals surface area contributed by atoms with Crippen LogP contribution in [0, 0.1) is 11.8 Å². The van der Waals surface area contributed by atoms with Crippen LogP contribution in [0.3, 0.4) is 0 Å². The van der Waals surface area contributed by atoms with Gasteiger partial charge in [0.15, 0.2) is 6.61 Å². The Morgan fingerprint density at radius 2 is 1.96 bits per heavy atom. The number of rotatable bonds is 3. The molecule has 3 aliphatic heterocycles. The molecule has 2 atom stereocenters. The van der Waals surface area contributed by atoms with Crippen LogP contribution < -0.4 is 15.0 Å². The second-order valence-corrected chi connectivity index (χ2v) is 6.53. The average molecular weight is 315 g/mol. The molecule has 0 bridgehead atoms. The number of ether oxygens (including phenoxy) is 1. The first kappa shape index (κ1) is 14.5. The van der Waals surface area contributed by atoms with Gasteiger partial charge in [0.25, 0.3) is 5.91 Å². The molecule has 0 unspecified atom stereocenters. The van der Waals surface area contributed by atoms with Gasteiger partial charge in [-0.15, -0.1) is 0 Å². The number of benzene rings is 1. The van der Waals surface area contributed by atoms with E-state index >= 15 is 0 Å². The summed E-state index contributed by atoms with van der Waals surface area (Å²) in [6.45, 7) is 4.20. The highest BCUT2D eigenvalue weighted by Crippen LogP contribution is 2.32. The summed E-state index contributed by atoms with van der Waals surface area (Å²) in [4.78, 5) is 28.2. The number of carbonyl (C=O) groups excluding carboxylic acids is 2. The number of nitrogens with one attached hydrogen (secondary N) is 1. The highest BCUT2D eigenvalue weighted by atomic mass is 16.5. The minimum absolute atomic E-state index is 0.0464. The number of nitrogens with zero attached hydrogens (tertiary/aromatic N) is 2. The average Bonchev–Trinajstić information content (AvgIpc) is 3.15. The third-order valence-corrected chi connectivity index (χ3v) is 5.10. The Labute approximate surface area is 135 Å². The summed E-state index contributed by atoms with van der Waals surface area (Å²) >= 11 is 0. The predicted octanol–water partition coefficient (Wildman–Crippen LogP) is 0.480. The second kappa shape index (κ2) is 5.85. The molecule has 2 amide bonds. The third-order valence-electron chi connectivity index (χ3n) is 5.10. The molecule has 1 aromatic rings. The van der Waals surface area contributed by atoms with Crippen molar-refractivity contribution in [1.29, 1.82) is 0 Å². The van der Waals surface area contributed by atoms with Gasteiger partial charge in [-0.3, -0.25) is 9.59 Å². The fourth-order valence-electron chi connectivity index (χ4n) is 3.82. The molecule has 4 rings (SSSR count). The van der Waals surface area contributed by atoms with Crippen LogP contribution in [0.5, 0.6) is 5.75 Å². The molecule has 6 heteroatoms. The molecule has 0 spiro atoms. The fraction of sp³-hybridized carbons (Fsp3) is 0.529. The summed E-state index contributed by atoms with van der Waals surface area (Å²) in [5.74, 6) is 1.98. The fourth-order valence-corrected chi connectivity index (χ4v) is 3.82. The molecule has 6 nitrogen and oxygen atoms in total. The van der Waals surface area contributed by atoms with Crippen molar-refractivity contribution in [2.24, 2.45) is 11.8 Å². The van der Waals surface area contributed by atoms with Gasteiger partial charge in [0.1, 0.15) is 5.75 Å². The highest BCUT2D eigenvalue weighted by molar-refractivity contribution is 5.98. The summed E-state index contributed by atoms with van der Waals surface area (Å²) in [7, 11) is 0. The number of hydrogen-bond donors (Lipinski definition) is 1. The molecule has 0 saturated carbocycles. The van der Waals surface area contributed by atoms with Crippen LogP contribution >= 0.6 is 0 Å². The monoisotopic (exact) mass is 315 g/mol. The molecule has 122 valence electrons. The number of anilines is 1. The molecule has 3 heterocycles. The van der Waals surface area contributed by atoms with Gasteiger partial charge in [-0.2, -0.15) is 0 Å². The lowest BCUT2D eigenvalue weighted by molar-refractivity contribution is -0.130. The van der Waals surface area contributed by atoms with Crippen molar-refractivity contribution in [2.45, 2.75) is 6.42 Å². The van der Waals surface area contributed by atoms with E-state index in [0.29, 0.717) is 30.6 Å². The maximum Gasteiger partial charge on any atom is 0.265 e. The van der Waals surface area contributed by atoms with Crippen LogP contribution in [0.25, 0.3) is 0 Å². The topological polar surface area (TPSA) is 61.9 Å². The van der Waals surface area contributed by atoms with Crippen LogP contribution in [0.2, 0.25) is 0 Å². The van der Waals surface area contributed by atoms with E-state index in [1.165, 1.54) is 0 Å². The molecule has 2 fully saturated rings. The van der Waals surface area contributed by atoms with Gasteiger partial charge in [0.05, 0.1) is 5.69 Å². The van der Waals surface area contributed by atoms with Gasteiger partial charge < -0.3 is 19.9 Å². The van der Waals surface area contributed by atoms with E-state index in [1.54, 1.807) is 4.90 Å². The Morgan fingerprint density at radius 3 is 2.74 bits per heavy atom. The first-order valence-electron chi connectivity index (χ1n) is 8.23. The quantitative estimate of drug-likeness (QED) is 0.881. The lowest BCUT2D eigenvalue weighted by Gasteiger charge is -2.29. The van der Waals surface area contributed by atoms with Gasteiger partial charge >= 0.3 is 0 Å². The first-order chi connectivity index (χ1) is 11.2. The van der Waals surface area contributed by atoms with Gasteiger partial charge in [-0.05, 0) is 24.0 Å². The van der Waals surface area contributed by atoms with Crippen molar-refractivity contribution in [1.82, 2.24) is 10.2 Å². The van der Waals surface area contributed by atoms with E-state index in [4.69, 9.17) is 4.74 Å². The number of fused-ring (bicyclic) bond motifs is 2. The van der Waals surface area contributed by atoms with Gasteiger partial charge in [-0.1, -0.05) is 12.1 Å². The van der Waals surface area contributed by atoms with Gasteiger partial charge in [0, 0.05) is 39.1 Å². The molecular formula is C17H21N3O3. The zero-order chi connectivity index (χ0) is 15.8. The van der Waals surface area contributed by atoms with Crippen LogP contribution in [-0.2, 0) is 9.59 Å². The minimum Gasteiger partial charge on any atom is -0.482 e. The van der Waals surface area contributed by atoms with Crippen molar-refractivity contribution >= 4 is 17.5 Å². The Balaban J connectivity index is 1.39. The van der Waals surface area contributed by atoms with E-state index in [-0.39, 0.29) is 18.4 Å². The maximum atomic E-state index is 12.5. The standard InChI is InChI=1S/C17H21N3O3/c21-16(19-9-12-7-18-8-13(12)10-19)5-6-20-14-3-1-2-4-15(14)23-11-17(20)22/h1-4,12-13,18H,5-11H2/t12-,13+. The lowest BCUT2D eigenvalue weighted by Crippen LogP contribution is -2.41. The van der Waals surface area contributed by atoms with Crippen LogP contribution in [0.1, 0.15) is 6.42 Å². The van der Waals surface area contributed by atoms with Crippen LogP contribution in [0.15, 0.2) is 24.3 Å². The summed E-state index contributed by atoms with van der Waals surface area (Å²) in [5.41, 5.74) is 0.763. The predicted molar refractivity (Wildman–Crippen MR) is 85.3 cm³/mol. The Hall–Kier alpha value is -2.08. The second-order valence-electron chi connectivity index (χ2n) is 6.53. The molecule has 2 saturated heterocycles. The number of likely N-dealkylation sites (tertiary alicyclic amines) is 1. The Kier molecular flexibility index (Phi) is 3.69. The van der Waals surface area contributed by atoms with E-state index < -0.39 is 0 Å². The van der Waals surface area contributed by atoms with E-state index in [0.717, 1.165) is 31.9 Å².